The Hall–Kier alpha value is -3.09. The molecule has 0 saturated heterocycles. The van der Waals surface area contributed by atoms with Gasteiger partial charge in [0, 0.05) is 16.7 Å². The zero-order chi connectivity index (χ0) is 19.9. The van der Waals surface area contributed by atoms with Crippen molar-refractivity contribution >= 4 is 18.2 Å². The first-order valence-corrected chi connectivity index (χ1v) is 9.23. The molecule has 0 spiro atoms. The van der Waals surface area contributed by atoms with Gasteiger partial charge in [0.15, 0.2) is 17.5 Å². The van der Waals surface area contributed by atoms with Crippen molar-refractivity contribution in [2.75, 3.05) is 0 Å². The molecule has 2 aromatic carbocycles. The van der Waals surface area contributed by atoms with E-state index >= 15 is 0 Å². The minimum absolute atomic E-state index is 0.388. The van der Waals surface area contributed by atoms with Gasteiger partial charge >= 0.3 is 7.12 Å². The molecule has 0 saturated carbocycles. The quantitative estimate of drug-likeness (QED) is 0.514. The highest BCUT2D eigenvalue weighted by Crippen LogP contribution is 2.23. The lowest BCUT2D eigenvalue weighted by molar-refractivity contribution is 0.426. The predicted octanol–water partition coefficient (Wildman–Crippen LogP) is 3.25. The van der Waals surface area contributed by atoms with Crippen molar-refractivity contribution in [3.63, 3.8) is 0 Å². The molecule has 1 heterocycles. The van der Waals surface area contributed by atoms with E-state index < -0.39 is 7.12 Å². The number of aromatic nitrogens is 3. The molecule has 1 aromatic heterocycles. The molecule has 0 amide bonds. The molecule has 3 aromatic rings. The number of benzene rings is 2. The van der Waals surface area contributed by atoms with E-state index in [1.54, 1.807) is 18.2 Å². The average Bonchev–Trinajstić information content (AvgIpc) is 2.74. The van der Waals surface area contributed by atoms with Crippen LogP contribution in [0.4, 0.5) is 0 Å². The second-order valence-corrected chi connectivity index (χ2v) is 6.24. The van der Waals surface area contributed by atoms with Crippen LogP contribution in [0.2, 0.25) is 0 Å². The number of rotatable bonds is 6. The summed E-state index contributed by atoms with van der Waals surface area (Å²) in [7, 11) is -1.55. The highest BCUT2D eigenvalue weighted by molar-refractivity contribution is 6.58. The first-order valence-electron chi connectivity index (χ1n) is 9.23. The maximum absolute atomic E-state index is 9.49. The van der Waals surface area contributed by atoms with Crippen LogP contribution in [0.5, 0.6) is 0 Å². The van der Waals surface area contributed by atoms with Gasteiger partial charge in [0.2, 0.25) is 0 Å². The van der Waals surface area contributed by atoms with Gasteiger partial charge in [-0.25, -0.2) is 15.0 Å². The molecule has 0 bridgehead atoms. The first kappa shape index (κ1) is 19.7. The van der Waals surface area contributed by atoms with E-state index in [2.05, 4.69) is 28.0 Å². The van der Waals surface area contributed by atoms with Gasteiger partial charge in [-0.2, -0.15) is 0 Å². The van der Waals surface area contributed by atoms with Gasteiger partial charge in [-0.3, -0.25) is 0 Å². The SMILES string of the molecule is C/C=C\C(=C/CC)c1nc(-c2ccccc2)nc(-c2cccc(B(O)O)c2)n1. The van der Waals surface area contributed by atoms with E-state index in [0.29, 0.717) is 28.5 Å². The van der Waals surface area contributed by atoms with Crippen LogP contribution in [-0.2, 0) is 0 Å². The van der Waals surface area contributed by atoms with Crippen molar-refractivity contribution in [3.8, 4) is 22.8 Å². The van der Waals surface area contributed by atoms with E-state index in [0.717, 1.165) is 17.6 Å². The van der Waals surface area contributed by atoms with Crippen molar-refractivity contribution in [2.24, 2.45) is 0 Å². The van der Waals surface area contributed by atoms with Gasteiger partial charge in [-0.1, -0.05) is 79.7 Å². The molecule has 3 rings (SSSR count). The number of allylic oxidation sites excluding steroid dienone is 4. The number of hydrogen-bond acceptors (Lipinski definition) is 5. The maximum Gasteiger partial charge on any atom is 0.488 e. The van der Waals surface area contributed by atoms with Gasteiger partial charge in [0.25, 0.3) is 0 Å². The Balaban J connectivity index is 2.21. The fraction of sp³-hybridized carbons (Fsp3) is 0.136. The fourth-order valence-corrected chi connectivity index (χ4v) is 2.82. The number of nitrogens with zero attached hydrogens (tertiary/aromatic N) is 3. The zero-order valence-electron chi connectivity index (χ0n) is 15.9. The highest BCUT2D eigenvalue weighted by atomic mass is 16.4. The van der Waals surface area contributed by atoms with Crippen LogP contribution >= 0.6 is 0 Å². The Morgan fingerprint density at radius 1 is 0.929 bits per heavy atom. The van der Waals surface area contributed by atoms with Crippen LogP contribution in [0.3, 0.4) is 0 Å². The van der Waals surface area contributed by atoms with Gasteiger partial charge in [-0.05, 0) is 18.8 Å². The van der Waals surface area contributed by atoms with E-state index in [1.807, 2.05) is 55.5 Å². The second kappa shape index (κ2) is 9.22. The molecule has 0 atom stereocenters. The van der Waals surface area contributed by atoms with Crippen molar-refractivity contribution in [1.29, 1.82) is 0 Å². The summed E-state index contributed by atoms with van der Waals surface area (Å²) in [5.74, 6) is 1.64. The Morgan fingerprint density at radius 3 is 2.25 bits per heavy atom. The highest BCUT2D eigenvalue weighted by Gasteiger charge is 2.15. The van der Waals surface area contributed by atoms with Gasteiger partial charge in [0.05, 0.1) is 0 Å². The van der Waals surface area contributed by atoms with Gasteiger partial charge < -0.3 is 10.0 Å². The Labute approximate surface area is 165 Å². The third kappa shape index (κ3) is 4.60. The summed E-state index contributed by atoms with van der Waals surface area (Å²) in [6.45, 7) is 4.02. The minimum atomic E-state index is -1.55. The molecule has 0 fully saturated rings. The topological polar surface area (TPSA) is 79.1 Å². The standard InChI is InChI=1S/C22H22BN3O2/c1-3-9-16(10-4-2)20-24-21(17-11-6-5-7-12-17)26-22(25-20)18-13-8-14-19(15-18)23(27)28/h3,5-15,27-28H,4H2,1-2H3/b9-3-,16-10+. The molecule has 0 radical (unpaired) electrons. The molecular weight excluding hydrogens is 349 g/mol. The predicted molar refractivity (Wildman–Crippen MR) is 114 cm³/mol. The lowest BCUT2D eigenvalue weighted by atomic mass is 9.79. The summed E-state index contributed by atoms with van der Waals surface area (Å²) < 4.78 is 0. The van der Waals surface area contributed by atoms with Crippen molar-refractivity contribution in [1.82, 2.24) is 15.0 Å². The zero-order valence-corrected chi connectivity index (χ0v) is 15.9. The molecule has 0 aliphatic heterocycles. The Bertz CT molecular complexity index is 1000. The number of hydrogen-bond donors (Lipinski definition) is 2. The van der Waals surface area contributed by atoms with E-state index in [9.17, 15) is 10.0 Å². The van der Waals surface area contributed by atoms with E-state index in [4.69, 9.17) is 0 Å². The smallest absolute Gasteiger partial charge is 0.423 e. The molecule has 0 aliphatic rings. The van der Waals surface area contributed by atoms with Crippen LogP contribution < -0.4 is 5.46 Å². The van der Waals surface area contributed by atoms with Crippen LogP contribution in [0, 0.1) is 0 Å². The monoisotopic (exact) mass is 371 g/mol. The van der Waals surface area contributed by atoms with Gasteiger partial charge in [-0.15, -0.1) is 0 Å². The molecule has 140 valence electrons. The summed E-state index contributed by atoms with van der Waals surface area (Å²) >= 11 is 0. The lowest BCUT2D eigenvalue weighted by Gasteiger charge is -2.09. The molecule has 2 N–H and O–H groups in total. The largest absolute Gasteiger partial charge is 0.488 e. The molecule has 5 nitrogen and oxygen atoms in total. The van der Waals surface area contributed by atoms with E-state index in [1.165, 1.54) is 0 Å². The maximum atomic E-state index is 9.49. The molecular formula is C22H22BN3O2. The van der Waals surface area contributed by atoms with Gasteiger partial charge in [0.1, 0.15) is 0 Å². The summed E-state index contributed by atoms with van der Waals surface area (Å²) in [6, 6.07) is 16.7. The normalized spacial score (nSPS) is 11.8. The third-order valence-corrected chi connectivity index (χ3v) is 4.14. The summed E-state index contributed by atoms with van der Waals surface area (Å²) in [4.78, 5) is 14.0. The van der Waals surface area contributed by atoms with Crippen molar-refractivity contribution in [3.05, 3.63) is 78.6 Å². The van der Waals surface area contributed by atoms with E-state index in [-0.39, 0.29) is 0 Å². The molecule has 0 aliphatic carbocycles. The minimum Gasteiger partial charge on any atom is -0.423 e. The first-order chi connectivity index (χ1) is 13.6. The summed E-state index contributed by atoms with van der Waals surface area (Å²) in [6.07, 6.45) is 6.86. The van der Waals surface area contributed by atoms with Crippen LogP contribution in [-0.4, -0.2) is 32.1 Å². The molecule has 6 heteroatoms. The summed E-state index contributed by atoms with van der Waals surface area (Å²) in [5.41, 5.74) is 2.90. The Morgan fingerprint density at radius 2 is 1.61 bits per heavy atom. The summed E-state index contributed by atoms with van der Waals surface area (Å²) in [5, 5.41) is 19.0. The Kier molecular flexibility index (Phi) is 6.47. The van der Waals surface area contributed by atoms with Crippen LogP contribution in [0.1, 0.15) is 26.1 Å². The average molecular weight is 371 g/mol. The fourth-order valence-electron chi connectivity index (χ4n) is 2.82. The van der Waals surface area contributed by atoms with Crippen LogP contribution in [0.25, 0.3) is 28.3 Å². The van der Waals surface area contributed by atoms with Crippen LogP contribution in [0.15, 0.2) is 72.8 Å². The van der Waals surface area contributed by atoms with Crippen molar-refractivity contribution in [2.45, 2.75) is 20.3 Å². The van der Waals surface area contributed by atoms with Crippen molar-refractivity contribution < 1.29 is 10.0 Å². The molecule has 0 unspecified atom stereocenters. The lowest BCUT2D eigenvalue weighted by Crippen LogP contribution is -2.29. The second-order valence-electron chi connectivity index (χ2n) is 6.24. The third-order valence-electron chi connectivity index (χ3n) is 4.14. The molecule has 28 heavy (non-hydrogen) atoms.